The fourth-order valence-corrected chi connectivity index (χ4v) is 3.85. The highest BCUT2D eigenvalue weighted by Gasteiger charge is 2.11. The summed E-state index contributed by atoms with van der Waals surface area (Å²) in [6.45, 7) is 6.37. The lowest BCUT2D eigenvalue weighted by molar-refractivity contribution is -0.139. The second kappa shape index (κ2) is 16.0. The molecule has 2 aromatic rings. The zero-order valence-electron chi connectivity index (χ0n) is 20.6. The highest BCUT2D eigenvalue weighted by Crippen LogP contribution is 2.26. The van der Waals surface area contributed by atoms with Crippen molar-refractivity contribution in [2.75, 3.05) is 20.3 Å². The van der Waals surface area contributed by atoms with Gasteiger partial charge in [-0.05, 0) is 78.2 Å². The lowest BCUT2D eigenvalue weighted by Crippen LogP contribution is -2.08. The molecule has 0 bridgehead atoms. The fraction of sp³-hybridized carbons (Fsp3) is 0.429. The minimum atomic E-state index is -0.437. The molecule has 6 nitrogen and oxygen atoms in total. The molecule has 0 aliphatic carbocycles. The van der Waals surface area contributed by atoms with Gasteiger partial charge in [0.25, 0.3) is 0 Å². The van der Waals surface area contributed by atoms with Crippen molar-refractivity contribution in [3.05, 3.63) is 64.7 Å². The van der Waals surface area contributed by atoms with Crippen LogP contribution in [0.3, 0.4) is 0 Å². The Balaban J connectivity index is 1.53. The Morgan fingerprint density at radius 3 is 1.97 bits per heavy atom. The Labute approximate surface area is 216 Å². The summed E-state index contributed by atoms with van der Waals surface area (Å²) in [5.41, 5.74) is 0.882. The van der Waals surface area contributed by atoms with E-state index in [4.69, 9.17) is 18.9 Å². The van der Waals surface area contributed by atoms with Crippen LogP contribution in [0.1, 0.15) is 68.6 Å². The molecule has 190 valence electrons. The van der Waals surface area contributed by atoms with Gasteiger partial charge in [0.2, 0.25) is 0 Å². The largest absolute Gasteiger partial charge is 0.496 e. The Hall–Kier alpha value is -2.80. The first-order valence-electron chi connectivity index (χ1n) is 12.0. The zero-order chi connectivity index (χ0) is 25.5. The fourth-order valence-electron chi connectivity index (χ4n) is 3.31. The minimum Gasteiger partial charge on any atom is -0.496 e. The molecule has 0 atom stereocenters. The van der Waals surface area contributed by atoms with E-state index < -0.39 is 5.97 Å². The van der Waals surface area contributed by atoms with E-state index in [0.717, 1.165) is 37.9 Å². The van der Waals surface area contributed by atoms with E-state index in [1.165, 1.54) is 19.3 Å². The number of unbranched alkanes of at least 4 members (excludes halogenated alkanes) is 7. The number of halogens is 1. The molecule has 0 aliphatic rings. The molecule has 0 spiro atoms. The first-order chi connectivity index (χ1) is 16.9. The van der Waals surface area contributed by atoms with Gasteiger partial charge in [0.1, 0.15) is 17.2 Å². The normalized spacial score (nSPS) is 10.5. The van der Waals surface area contributed by atoms with E-state index in [2.05, 4.69) is 22.5 Å². The van der Waals surface area contributed by atoms with Crippen molar-refractivity contribution in [2.45, 2.75) is 58.3 Å². The molecule has 2 rings (SSSR count). The monoisotopic (exact) mass is 546 g/mol. The maximum atomic E-state index is 12.3. The highest BCUT2D eigenvalue weighted by molar-refractivity contribution is 9.10. The summed E-state index contributed by atoms with van der Waals surface area (Å²) in [5.74, 6) is 1.13. The Kier molecular flexibility index (Phi) is 13.0. The van der Waals surface area contributed by atoms with Crippen LogP contribution in [0.2, 0.25) is 0 Å². The maximum Gasteiger partial charge on any atom is 0.343 e. The molecular weight excluding hydrogens is 512 g/mol. The summed E-state index contributed by atoms with van der Waals surface area (Å²) >= 11 is 3.37. The number of carbonyl (C=O) groups excluding carboxylic acids is 2. The van der Waals surface area contributed by atoms with Gasteiger partial charge in [-0.25, -0.2) is 9.59 Å². The van der Waals surface area contributed by atoms with Crippen LogP contribution in [0.15, 0.2) is 59.1 Å². The van der Waals surface area contributed by atoms with Gasteiger partial charge < -0.3 is 18.9 Å². The van der Waals surface area contributed by atoms with Crippen molar-refractivity contribution in [1.29, 1.82) is 0 Å². The van der Waals surface area contributed by atoms with Gasteiger partial charge in [-0.2, -0.15) is 0 Å². The molecule has 35 heavy (non-hydrogen) atoms. The van der Waals surface area contributed by atoms with Crippen LogP contribution in [0.4, 0.5) is 0 Å². The molecule has 2 aromatic carbocycles. The van der Waals surface area contributed by atoms with Crippen molar-refractivity contribution in [3.8, 4) is 17.2 Å². The van der Waals surface area contributed by atoms with Gasteiger partial charge in [0.15, 0.2) is 0 Å². The zero-order valence-corrected chi connectivity index (χ0v) is 22.2. The van der Waals surface area contributed by atoms with Crippen molar-refractivity contribution in [1.82, 2.24) is 0 Å². The third-order valence-electron chi connectivity index (χ3n) is 5.31. The minimum absolute atomic E-state index is 0.301. The molecule has 0 saturated heterocycles. The predicted molar refractivity (Wildman–Crippen MR) is 140 cm³/mol. The molecule has 0 aromatic heterocycles. The first-order valence-corrected chi connectivity index (χ1v) is 12.8. The Morgan fingerprint density at radius 1 is 0.829 bits per heavy atom. The van der Waals surface area contributed by atoms with Crippen LogP contribution in [-0.4, -0.2) is 32.3 Å². The molecule has 0 radical (unpaired) electrons. The van der Waals surface area contributed by atoms with E-state index >= 15 is 0 Å². The van der Waals surface area contributed by atoms with E-state index in [1.807, 2.05) is 0 Å². The second-order valence-corrected chi connectivity index (χ2v) is 9.16. The van der Waals surface area contributed by atoms with E-state index in [9.17, 15) is 9.59 Å². The van der Waals surface area contributed by atoms with Crippen LogP contribution in [0, 0.1) is 0 Å². The summed E-state index contributed by atoms with van der Waals surface area (Å²) < 4.78 is 22.2. The molecule has 0 unspecified atom stereocenters. The average molecular weight is 547 g/mol. The third-order valence-corrected chi connectivity index (χ3v) is 5.93. The van der Waals surface area contributed by atoms with Gasteiger partial charge >= 0.3 is 11.9 Å². The number of hydrogen-bond acceptors (Lipinski definition) is 6. The van der Waals surface area contributed by atoms with Crippen molar-refractivity contribution in [2.24, 2.45) is 0 Å². The number of rotatable bonds is 16. The van der Waals surface area contributed by atoms with Crippen LogP contribution in [0.25, 0.3) is 0 Å². The SMILES string of the molecule is C=C(C)C(=O)OCCCCCCCCCCOc1ccc(OC(=O)c2ccc(OC)c(Br)c2)cc1. The summed E-state index contributed by atoms with van der Waals surface area (Å²) in [6.07, 6.45) is 8.86. The van der Waals surface area contributed by atoms with Crippen LogP contribution < -0.4 is 14.2 Å². The van der Waals surface area contributed by atoms with Crippen molar-refractivity contribution < 1.29 is 28.5 Å². The summed E-state index contributed by atoms with van der Waals surface area (Å²) in [6, 6.07) is 12.1. The van der Waals surface area contributed by atoms with Gasteiger partial charge in [-0.15, -0.1) is 0 Å². The number of benzene rings is 2. The number of esters is 2. The van der Waals surface area contributed by atoms with Gasteiger partial charge in [-0.3, -0.25) is 0 Å². The van der Waals surface area contributed by atoms with Crippen LogP contribution >= 0.6 is 15.9 Å². The second-order valence-electron chi connectivity index (χ2n) is 8.30. The predicted octanol–water partition coefficient (Wildman–Crippen LogP) is 7.30. The average Bonchev–Trinajstić information content (AvgIpc) is 2.85. The molecule has 7 heteroatoms. The smallest absolute Gasteiger partial charge is 0.343 e. The van der Waals surface area contributed by atoms with Gasteiger partial charge in [-0.1, -0.05) is 45.1 Å². The number of hydrogen-bond donors (Lipinski definition) is 0. The summed E-state index contributed by atoms with van der Waals surface area (Å²) in [7, 11) is 1.57. The molecule has 0 heterocycles. The van der Waals surface area contributed by atoms with Crippen molar-refractivity contribution in [3.63, 3.8) is 0 Å². The van der Waals surface area contributed by atoms with Gasteiger partial charge in [0, 0.05) is 5.57 Å². The van der Waals surface area contributed by atoms with E-state index in [-0.39, 0.29) is 5.97 Å². The van der Waals surface area contributed by atoms with E-state index in [1.54, 1.807) is 56.5 Å². The quantitative estimate of drug-likeness (QED) is 0.0951. The van der Waals surface area contributed by atoms with Crippen molar-refractivity contribution >= 4 is 27.9 Å². The highest BCUT2D eigenvalue weighted by atomic mass is 79.9. The van der Waals surface area contributed by atoms with Gasteiger partial charge in [0.05, 0.1) is 30.4 Å². The third kappa shape index (κ3) is 11.0. The molecule has 0 saturated carbocycles. The molecular formula is C28H35BrO6. The standard InChI is InChI=1S/C28H35BrO6/c1-21(2)27(30)34-19-11-9-7-5-4-6-8-10-18-33-23-13-15-24(16-14-23)35-28(31)22-12-17-26(32-3)25(29)20-22/h12-17,20H,1,4-11,18-19H2,2-3H3. The lowest BCUT2D eigenvalue weighted by atomic mass is 10.1. The summed E-state index contributed by atoms with van der Waals surface area (Å²) in [4.78, 5) is 23.6. The molecule has 0 amide bonds. The number of carbonyl (C=O) groups is 2. The molecule has 0 N–H and O–H groups in total. The topological polar surface area (TPSA) is 71.1 Å². The first kappa shape index (κ1) is 28.4. The van der Waals surface area contributed by atoms with Crippen LogP contribution in [0.5, 0.6) is 17.2 Å². The number of methoxy groups -OCH3 is 1. The molecule has 0 aliphatic heterocycles. The lowest BCUT2D eigenvalue weighted by Gasteiger charge is -2.09. The number of ether oxygens (including phenoxy) is 4. The Bertz CT molecular complexity index is 954. The summed E-state index contributed by atoms with van der Waals surface area (Å²) in [5, 5.41) is 0. The van der Waals surface area contributed by atoms with Crippen LogP contribution in [-0.2, 0) is 9.53 Å². The maximum absolute atomic E-state index is 12.3. The molecule has 0 fully saturated rings. The Morgan fingerprint density at radius 2 is 1.40 bits per heavy atom. The van der Waals surface area contributed by atoms with E-state index in [0.29, 0.717) is 40.3 Å².